The molecule has 2 aromatic heterocycles. The number of nitrogen functional groups attached to an aromatic ring is 1. The number of carbonyl (C=O) groups excluding carboxylic acids is 1. The zero-order valence-corrected chi connectivity index (χ0v) is 20.9. The van der Waals surface area contributed by atoms with Crippen LogP contribution in [-0.2, 0) is 14.8 Å². The largest absolute Gasteiger partial charge is 0.399 e. The average molecular weight is 512 g/mol. The maximum Gasteiger partial charge on any atom is 0.255 e. The van der Waals surface area contributed by atoms with Crippen LogP contribution in [0.25, 0.3) is 16.9 Å². The average Bonchev–Trinajstić information content (AvgIpc) is 3.43. The minimum absolute atomic E-state index is 0.142. The SMILES string of the molecule is CS(=O)(=O)N1CCN(C(=O)c2cc3c(N4CC5COCC4C5)nc(-c4ccc(N)cc4)nn3c2)CC1. The quantitative estimate of drug-likeness (QED) is 0.513. The predicted molar refractivity (Wildman–Crippen MR) is 135 cm³/mol. The Kier molecular flexibility index (Phi) is 5.61. The number of ether oxygens (including phenoxy) is 1. The van der Waals surface area contributed by atoms with E-state index in [0.717, 1.165) is 36.5 Å². The number of sulfonamides is 1. The summed E-state index contributed by atoms with van der Waals surface area (Å²) >= 11 is 0. The van der Waals surface area contributed by atoms with Gasteiger partial charge in [-0.2, -0.15) is 4.31 Å². The van der Waals surface area contributed by atoms with Gasteiger partial charge in [-0.05, 0) is 36.8 Å². The number of rotatable bonds is 4. The number of carbonyl (C=O) groups is 1. The van der Waals surface area contributed by atoms with Crippen molar-refractivity contribution in [2.75, 3.05) is 62.8 Å². The van der Waals surface area contributed by atoms with Crippen LogP contribution in [0, 0.1) is 5.92 Å². The highest BCUT2D eigenvalue weighted by Crippen LogP contribution is 2.35. The van der Waals surface area contributed by atoms with Crippen molar-refractivity contribution in [3.63, 3.8) is 0 Å². The number of nitrogens with two attached hydrogens (primary N) is 1. The predicted octanol–water partition coefficient (Wildman–Crippen LogP) is 0.921. The highest BCUT2D eigenvalue weighted by Gasteiger charge is 2.38. The number of nitrogens with zero attached hydrogens (tertiary/aromatic N) is 6. The van der Waals surface area contributed by atoms with Crippen LogP contribution < -0.4 is 10.6 Å². The van der Waals surface area contributed by atoms with Gasteiger partial charge in [-0.15, -0.1) is 5.10 Å². The number of amides is 1. The summed E-state index contributed by atoms with van der Waals surface area (Å²) in [6.07, 6.45) is 4.00. The van der Waals surface area contributed by atoms with E-state index in [-0.39, 0.29) is 11.9 Å². The number of anilines is 2. The van der Waals surface area contributed by atoms with Gasteiger partial charge in [-0.1, -0.05) is 0 Å². The van der Waals surface area contributed by atoms with Crippen molar-refractivity contribution in [2.45, 2.75) is 12.5 Å². The second kappa shape index (κ2) is 8.71. The maximum atomic E-state index is 13.4. The van der Waals surface area contributed by atoms with Gasteiger partial charge >= 0.3 is 0 Å². The Morgan fingerprint density at radius 3 is 2.56 bits per heavy atom. The molecule has 2 unspecified atom stereocenters. The van der Waals surface area contributed by atoms with E-state index in [2.05, 4.69) is 4.90 Å². The second-order valence-corrected chi connectivity index (χ2v) is 11.8. The molecule has 12 heteroatoms. The molecule has 190 valence electrons. The normalized spacial score (nSPS) is 22.9. The van der Waals surface area contributed by atoms with Crippen molar-refractivity contribution in [3.05, 3.63) is 42.1 Å². The van der Waals surface area contributed by atoms with E-state index in [1.165, 1.54) is 10.6 Å². The number of aromatic nitrogens is 3. The molecule has 3 saturated heterocycles. The highest BCUT2D eigenvalue weighted by atomic mass is 32.2. The fourth-order valence-electron chi connectivity index (χ4n) is 5.39. The van der Waals surface area contributed by atoms with Gasteiger partial charge in [-0.25, -0.2) is 17.9 Å². The smallest absolute Gasteiger partial charge is 0.255 e. The number of piperazine rings is 1. The van der Waals surface area contributed by atoms with Gasteiger partial charge in [0.05, 0.1) is 31.1 Å². The van der Waals surface area contributed by atoms with Gasteiger partial charge in [0, 0.05) is 56.1 Å². The van der Waals surface area contributed by atoms with Crippen molar-refractivity contribution in [1.29, 1.82) is 0 Å². The third-order valence-electron chi connectivity index (χ3n) is 7.29. The molecule has 6 rings (SSSR count). The molecule has 1 aromatic carbocycles. The summed E-state index contributed by atoms with van der Waals surface area (Å²) in [6, 6.07) is 9.50. The number of benzene rings is 1. The molecule has 2 N–H and O–H groups in total. The molecule has 36 heavy (non-hydrogen) atoms. The lowest BCUT2D eigenvalue weighted by Gasteiger charge is -2.33. The lowest BCUT2D eigenvalue weighted by atomic mass is 10.1. The van der Waals surface area contributed by atoms with Gasteiger partial charge < -0.3 is 20.3 Å². The van der Waals surface area contributed by atoms with E-state index in [1.807, 2.05) is 30.3 Å². The Hall–Kier alpha value is -3.22. The van der Waals surface area contributed by atoms with E-state index in [1.54, 1.807) is 15.6 Å². The number of hydrogen-bond donors (Lipinski definition) is 1. The maximum absolute atomic E-state index is 13.4. The van der Waals surface area contributed by atoms with Crippen molar-refractivity contribution in [1.82, 2.24) is 23.8 Å². The minimum atomic E-state index is -3.27. The summed E-state index contributed by atoms with van der Waals surface area (Å²) in [5, 5.41) is 4.73. The molecule has 3 fully saturated rings. The first-order valence-corrected chi connectivity index (χ1v) is 14.0. The molecule has 3 aromatic rings. The summed E-state index contributed by atoms with van der Waals surface area (Å²) < 4.78 is 32.6. The van der Waals surface area contributed by atoms with Crippen molar-refractivity contribution in [3.8, 4) is 11.4 Å². The fraction of sp³-hybridized carbons (Fsp3) is 0.458. The monoisotopic (exact) mass is 511 g/mol. The fourth-order valence-corrected chi connectivity index (χ4v) is 6.22. The van der Waals surface area contributed by atoms with Crippen LogP contribution >= 0.6 is 0 Å². The van der Waals surface area contributed by atoms with Crippen LogP contribution in [0.4, 0.5) is 11.5 Å². The van der Waals surface area contributed by atoms with Gasteiger partial charge in [0.1, 0.15) is 5.52 Å². The minimum Gasteiger partial charge on any atom is -0.399 e. The van der Waals surface area contributed by atoms with Gasteiger partial charge in [-0.3, -0.25) is 4.79 Å². The molecule has 0 aliphatic carbocycles. The lowest BCUT2D eigenvalue weighted by Crippen LogP contribution is -2.50. The Labute approximate surface area is 209 Å². The first-order valence-electron chi connectivity index (χ1n) is 12.1. The Morgan fingerprint density at radius 2 is 1.86 bits per heavy atom. The first-order chi connectivity index (χ1) is 17.3. The van der Waals surface area contributed by atoms with Crippen LogP contribution in [-0.4, -0.2) is 96.4 Å². The summed E-state index contributed by atoms with van der Waals surface area (Å²) in [5.41, 5.74) is 8.65. The molecule has 0 spiro atoms. The number of fused-ring (bicyclic) bond motifs is 3. The van der Waals surface area contributed by atoms with Gasteiger partial charge in [0.2, 0.25) is 10.0 Å². The van der Waals surface area contributed by atoms with Gasteiger partial charge in [0.15, 0.2) is 11.6 Å². The van der Waals surface area contributed by atoms with Crippen LogP contribution in [0.1, 0.15) is 16.8 Å². The molecule has 1 amide bonds. The van der Waals surface area contributed by atoms with E-state index in [9.17, 15) is 13.2 Å². The Bertz CT molecular complexity index is 1410. The van der Waals surface area contributed by atoms with Gasteiger partial charge in [0.25, 0.3) is 5.91 Å². The molecule has 0 radical (unpaired) electrons. The highest BCUT2D eigenvalue weighted by molar-refractivity contribution is 7.88. The van der Waals surface area contributed by atoms with E-state index in [4.69, 9.17) is 20.6 Å². The van der Waals surface area contributed by atoms with Crippen LogP contribution in [0.3, 0.4) is 0 Å². The zero-order chi connectivity index (χ0) is 25.0. The molecule has 11 nitrogen and oxygen atoms in total. The standard InChI is InChI=1S/C24H29N7O4S/c1-36(33,34)29-8-6-28(7-9-29)24(32)18-11-21-23(30-12-16-10-20(30)15-35-14-16)26-22(27-31(21)13-18)17-2-4-19(25)5-3-17/h2-5,11,13,16,20H,6-10,12,14-15,25H2,1H3. The van der Waals surface area contributed by atoms with Crippen molar-refractivity contribution in [2.24, 2.45) is 5.92 Å². The Balaban J connectivity index is 1.37. The zero-order valence-electron chi connectivity index (χ0n) is 20.1. The summed E-state index contributed by atoms with van der Waals surface area (Å²) in [5.74, 6) is 1.66. The summed E-state index contributed by atoms with van der Waals surface area (Å²) in [7, 11) is -3.27. The van der Waals surface area contributed by atoms with Crippen molar-refractivity contribution >= 4 is 33.0 Å². The molecule has 2 atom stereocenters. The van der Waals surface area contributed by atoms with E-state index >= 15 is 0 Å². The first kappa shape index (κ1) is 23.2. The topological polar surface area (TPSA) is 126 Å². The molecule has 3 aliphatic rings. The third-order valence-corrected chi connectivity index (χ3v) is 8.59. The molecule has 5 heterocycles. The van der Waals surface area contributed by atoms with Crippen LogP contribution in [0.5, 0.6) is 0 Å². The number of hydrogen-bond acceptors (Lipinski definition) is 8. The van der Waals surface area contributed by atoms with Crippen LogP contribution in [0.15, 0.2) is 36.5 Å². The molecule has 0 saturated carbocycles. The molecule has 2 bridgehead atoms. The van der Waals surface area contributed by atoms with E-state index < -0.39 is 10.0 Å². The molecule has 3 aliphatic heterocycles. The lowest BCUT2D eigenvalue weighted by molar-refractivity contribution is 0.0697. The molecular formula is C24H29N7O4S. The van der Waals surface area contributed by atoms with Crippen molar-refractivity contribution < 1.29 is 17.9 Å². The summed E-state index contributed by atoms with van der Waals surface area (Å²) in [4.78, 5) is 22.3. The third kappa shape index (κ3) is 4.18. The Morgan fingerprint density at radius 1 is 1.11 bits per heavy atom. The second-order valence-electron chi connectivity index (χ2n) is 9.84. The molecular weight excluding hydrogens is 482 g/mol. The van der Waals surface area contributed by atoms with Crippen LogP contribution in [0.2, 0.25) is 0 Å². The summed E-state index contributed by atoms with van der Waals surface area (Å²) in [6.45, 7) is 3.54. The van der Waals surface area contributed by atoms with E-state index in [0.29, 0.717) is 55.8 Å².